The monoisotopic (exact) mass is 252 g/mol. The first-order valence-corrected chi connectivity index (χ1v) is 7.44. The summed E-state index contributed by atoms with van der Waals surface area (Å²) in [7, 11) is 0. The summed E-state index contributed by atoms with van der Waals surface area (Å²) in [5, 5.41) is 20.8. The van der Waals surface area contributed by atoms with Crippen LogP contribution in [0.25, 0.3) is 0 Å². The summed E-state index contributed by atoms with van der Waals surface area (Å²) in [6.45, 7) is 7.66. The first-order valence-electron chi connectivity index (χ1n) is 7.44. The Balaban J connectivity index is 1.83. The van der Waals surface area contributed by atoms with E-state index >= 15 is 0 Å². The third-order valence-corrected chi connectivity index (χ3v) is 6.96. The molecule has 102 valence electrons. The van der Waals surface area contributed by atoms with E-state index in [2.05, 4.69) is 20.8 Å². The molecule has 4 unspecified atom stereocenters. The zero-order valence-corrected chi connectivity index (χ0v) is 11.5. The summed E-state index contributed by atoms with van der Waals surface area (Å²) in [6, 6.07) is 0. The van der Waals surface area contributed by atoms with Gasteiger partial charge in [-0.1, -0.05) is 20.8 Å². The molecule has 0 aromatic heterocycles. The maximum Gasteiger partial charge on any atom is 0.103 e. The largest absolute Gasteiger partial charge is 0.390 e. The van der Waals surface area contributed by atoms with E-state index in [9.17, 15) is 10.2 Å². The predicted molar refractivity (Wildman–Crippen MR) is 66.8 cm³/mol. The van der Waals surface area contributed by atoms with E-state index in [1.807, 2.05) is 0 Å². The smallest absolute Gasteiger partial charge is 0.103 e. The summed E-state index contributed by atoms with van der Waals surface area (Å²) in [4.78, 5) is 0. The number of hydrogen-bond acceptors (Lipinski definition) is 3. The molecular formula is C15H24O3. The Bertz CT molecular complexity index is 379. The highest BCUT2D eigenvalue weighted by Crippen LogP contribution is 2.76. The van der Waals surface area contributed by atoms with Crippen molar-refractivity contribution >= 4 is 0 Å². The molecule has 4 rings (SSSR count). The highest BCUT2D eigenvalue weighted by atomic mass is 16.6. The second kappa shape index (κ2) is 3.13. The van der Waals surface area contributed by atoms with Crippen molar-refractivity contribution in [3.63, 3.8) is 0 Å². The molecule has 4 fully saturated rings. The van der Waals surface area contributed by atoms with Gasteiger partial charge in [-0.25, -0.2) is 0 Å². The van der Waals surface area contributed by atoms with Crippen molar-refractivity contribution in [2.24, 2.45) is 35.0 Å². The van der Waals surface area contributed by atoms with Crippen LogP contribution in [0.5, 0.6) is 0 Å². The first-order chi connectivity index (χ1) is 8.44. The van der Waals surface area contributed by atoms with Crippen molar-refractivity contribution in [2.45, 2.75) is 51.4 Å². The molecule has 0 amide bonds. The van der Waals surface area contributed by atoms with Crippen LogP contribution in [0, 0.1) is 35.0 Å². The summed E-state index contributed by atoms with van der Waals surface area (Å²) in [6.07, 6.45) is 1.30. The standard InChI is InChI=1S/C15H24O3/c1-7(2)8-4-5-14(3)10-9(8)11(13(17)12(10)16)15(14)6-18-15/h7-13,16-17H,4-6H2,1-3H3/t8-,9?,10-,11+,12?,13?,14?,15+/m1/s1. The molecule has 4 bridgehead atoms. The molecule has 1 heterocycles. The van der Waals surface area contributed by atoms with Crippen molar-refractivity contribution < 1.29 is 14.9 Å². The van der Waals surface area contributed by atoms with E-state index in [4.69, 9.17) is 4.74 Å². The molecule has 0 aromatic carbocycles. The highest BCUT2D eigenvalue weighted by Gasteiger charge is 2.82. The van der Waals surface area contributed by atoms with Crippen LogP contribution in [0.1, 0.15) is 33.6 Å². The molecule has 3 aliphatic carbocycles. The SMILES string of the molecule is CC(C)[C@H]1CCC2(C)[C@H]3C(O)C(O)[C@H](C13)[C@@]21CO1. The van der Waals surface area contributed by atoms with Crippen LogP contribution >= 0.6 is 0 Å². The zero-order chi connectivity index (χ0) is 12.9. The zero-order valence-electron chi connectivity index (χ0n) is 11.5. The number of rotatable bonds is 1. The molecule has 4 aliphatic rings. The quantitative estimate of drug-likeness (QED) is 0.694. The number of ether oxygens (including phenoxy) is 1. The van der Waals surface area contributed by atoms with E-state index in [1.165, 1.54) is 6.42 Å². The second-order valence-corrected chi connectivity index (χ2v) is 7.65. The lowest BCUT2D eigenvalue weighted by molar-refractivity contribution is -0.107. The lowest BCUT2D eigenvalue weighted by atomic mass is 9.59. The number of fused-ring (bicyclic) bond motifs is 2. The summed E-state index contributed by atoms with van der Waals surface area (Å²) >= 11 is 0. The van der Waals surface area contributed by atoms with E-state index in [-0.39, 0.29) is 22.9 Å². The fourth-order valence-corrected chi connectivity index (χ4v) is 6.10. The molecule has 8 atom stereocenters. The Morgan fingerprint density at radius 3 is 2.33 bits per heavy atom. The van der Waals surface area contributed by atoms with Crippen LogP contribution in [0.2, 0.25) is 0 Å². The van der Waals surface area contributed by atoms with Crippen LogP contribution in [0.4, 0.5) is 0 Å². The van der Waals surface area contributed by atoms with Gasteiger partial charge in [-0.15, -0.1) is 0 Å². The molecule has 0 aromatic rings. The van der Waals surface area contributed by atoms with Crippen LogP contribution in [-0.4, -0.2) is 34.6 Å². The molecule has 2 N–H and O–H groups in total. The number of aliphatic hydroxyl groups excluding tert-OH is 2. The van der Waals surface area contributed by atoms with Gasteiger partial charge in [0.05, 0.1) is 18.8 Å². The molecule has 1 aliphatic heterocycles. The average Bonchev–Trinajstić information content (AvgIpc) is 3.02. The van der Waals surface area contributed by atoms with Gasteiger partial charge in [0.25, 0.3) is 0 Å². The minimum absolute atomic E-state index is 0.0926. The molecular weight excluding hydrogens is 228 g/mol. The Hall–Kier alpha value is -0.120. The lowest BCUT2D eigenvalue weighted by Gasteiger charge is -2.47. The Kier molecular flexibility index (Phi) is 2.03. The van der Waals surface area contributed by atoms with Gasteiger partial charge in [0.15, 0.2) is 0 Å². The van der Waals surface area contributed by atoms with E-state index in [0.717, 1.165) is 13.0 Å². The summed E-state index contributed by atoms with van der Waals surface area (Å²) in [5.74, 6) is 2.18. The molecule has 0 radical (unpaired) electrons. The number of aliphatic hydroxyl groups is 2. The van der Waals surface area contributed by atoms with Crippen molar-refractivity contribution in [3.05, 3.63) is 0 Å². The van der Waals surface area contributed by atoms with E-state index in [0.29, 0.717) is 17.8 Å². The van der Waals surface area contributed by atoms with Gasteiger partial charge in [-0.3, -0.25) is 0 Å². The second-order valence-electron chi connectivity index (χ2n) is 7.65. The molecule has 3 saturated carbocycles. The third-order valence-electron chi connectivity index (χ3n) is 6.96. The Morgan fingerprint density at radius 1 is 1.17 bits per heavy atom. The maximum atomic E-state index is 10.4. The average molecular weight is 252 g/mol. The van der Waals surface area contributed by atoms with Crippen molar-refractivity contribution in [2.75, 3.05) is 6.61 Å². The normalized spacial score (nSPS) is 65.0. The van der Waals surface area contributed by atoms with Crippen LogP contribution < -0.4 is 0 Å². The van der Waals surface area contributed by atoms with Gasteiger partial charge >= 0.3 is 0 Å². The van der Waals surface area contributed by atoms with Gasteiger partial charge in [0, 0.05) is 11.3 Å². The number of hydrogen-bond donors (Lipinski definition) is 2. The molecule has 1 spiro atoms. The maximum absolute atomic E-state index is 10.4. The van der Waals surface area contributed by atoms with Crippen LogP contribution in [0.15, 0.2) is 0 Å². The topological polar surface area (TPSA) is 53.0 Å². The van der Waals surface area contributed by atoms with E-state index in [1.54, 1.807) is 0 Å². The van der Waals surface area contributed by atoms with Crippen molar-refractivity contribution in [1.82, 2.24) is 0 Å². The molecule has 3 nitrogen and oxygen atoms in total. The van der Waals surface area contributed by atoms with Crippen LogP contribution in [-0.2, 0) is 4.74 Å². The fraction of sp³-hybridized carbons (Fsp3) is 1.00. The summed E-state index contributed by atoms with van der Waals surface area (Å²) in [5.41, 5.74) is 0.0109. The minimum Gasteiger partial charge on any atom is -0.390 e. The Morgan fingerprint density at radius 2 is 1.78 bits per heavy atom. The van der Waals surface area contributed by atoms with Gasteiger partial charge in [-0.05, 0) is 36.5 Å². The van der Waals surface area contributed by atoms with Gasteiger partial charge in [-0.2, -0.15) is 0 Å². The van der Waals surface area contributed by atoms with Gasteiger partial charge < -0.3 is 14.9 Å². The molecule has 18 heavy (non-hydrogen) atoms. The summed E-state index contributed by atoms with van der Waals surface area (Å²) < 4.78 is 5.88. The number of epoxide rings is 1. The Labute approximate surface area is 109 Å². The third kappa shape index (κ3) is 0.981. The predicted octanol–water partition coefficient (Wildman–Crippen LogP) is 1.43. The minimum atomic E-state index is -0.560. The fourth-order valence-electron chi connectivity index (χ4n) is 6.10. The van der Waals surface area contributed by atoms with Gasteiger partial charge in [0.1, 0.15) is 5.60 Å². The van der Waals surface area contributed by atoms with Crippen molar-refractivity contribution in [1.29, 1.82) is 0 Å². The van der Waals surface area contributed by atoms with Crippen molar-refractivity contribution in [3.8, 4) is 0 Å². The van der Waals surface area contributed by atoms with Crippen LogP contribution in [0.3, 0.4) is 0 Å². The highest BCUT2D eigenvalue weighted by molar-refractivity contribution is 5.30. The molecule has 3 heteroatoms. The van der Waals surface area contributed by atoms with E-state index < -0.39 is 12.2 Å². The van der Waals surface area contributed by atoms with Gasteiger partial charge in [0.2, 0.25) is 0 Å². The first kappa shape index (κ1) is 11.7. The lowest BCUT2D eigenvalue weighted by Crippen LogP contribution is -2.53. The molecule has 1 saturated heterocycles.